The van der Waals surface area contributed by atoms with Gasteiger partial charge in [0.25, 0.3) is 0 Å². The van der Waals surface area contributed by atoms with Gasteiger partial charge in [-0.25, -0.2) is 4.39 Å². The Bertz CT molecular complexity index is 759. The van der Waals surface area contributed by atoms with Crippen LogP contribution in [0.15, 0.2) is 59.2 Å². The number of hydrogen-bond acceptors (Lipinski definition) is 1. The molecule has 0 saturated heterocycles. The first kappa shape index (κ1) is 12.1. The number of benzene rings is 2. The summed E-state index contributed by atoms with van der Waals surface area (Å²) < 4.78 is 15.2. The molecule has 0 aliphatic carbocycles. The maximum atomic E-state index is 13.9. The van der Waals surface area contributed by atoms with Gasteiger partial charge in [0.1, 0.15) is 10.3 Å². The van der Waals surface area contributed by atoms with Gasteiger partial charge in [-0.2, -0.15) is 4.73 Å². The van der Waals surface area contributed by atoms with Gasteiger partial charge in [0, 0.05) is 10.9 Å². The Kier molecular flexibility index (Phi) is 2.95. The van der Waals surface area contributed by atoms with Crippen molar-refractivity contribution in [3.63, 3.8) is 0 Å². The van der Waals surface area contributed by atoms with Crippen molar-refractivity contribution in [2.75, 3.05) is 0 Å². The first-order valence-electron chi connectivity index (χ1n) is 5.74. The molecule has 0 amide bonds. The molecule has 0 N–H and O–H groups in total. The second-order valence-corrected chi connectivity index (χ2v) is 4.98. The zero-order valence-electron chi connectivity index (χ0n) is 9.81. The molecule has 0 unspecified atom stereocenters. The lowest BCUT2D eigenvalue weighted by Gasteiger charge is -2.10. The lowest BCUT2D eigenvalue weighted by atomic mass is 10.1. The maximum Gasteiger partial charge on any atom is 0.238 e. The van der Waals surface area contributed by atoms with Gasteiger partial charge >= 0.3 is 0 Å². The third kappa shape index (κ3) is 1.98. The van der Waals surface area contributed by atoms with Crippen LogP contribution in [0.25, 0.3) is 22.0 Å². The minimum Gasteiger partial charge on any atom is -0.618 e. The first-order valence-corrected chi connectivity index (χ1v) is 6.53. The monoisotopic (exact) mass is 317 g/mol. The number of pyridine rings is 1. The van der Waals surface area contributed by atoms with Crippen LogP contribution < -0.4 is 4.73 Å². The van der Waals surface area contributed by atoms with Crippen molar-refractivity contribution >= 4 is 26.7 Å². The number of halogens is 2. The average molecular weight is 318 g/mol. The van der Waals surface area contributed by atoms with E-state index in [4.69, 9.17) is 0 Å². The number of hydrogen-bond donors (Lipinski definition) is 0. The van der Waals surface area contributed by atoms with Gasteiger partial charge in [-0.15, -0.1) is 0 Å². The molecule has 4 heteroatoms. The van der Waals surface area contributed by atoms with Crippen LogP contribution in [0.4, 0.5) is 4.39 Å². The lowest BCUT2D eigenvalue weighted by Crippen LogP contribution is -2.29. The number of rotatable bonds is 1. The standard InChI is InChI=1S/C15H9BrFNO/c16-14-13-11(7-4-8-12(13)17)9-18(19)15(14)10-5-2-1-3-6-10/h1-9H. The Morgan fingerprint density at radius 1 is 1.00 bits per heavy atom. The van der Waals surface area contributed by atoms with Gasteiger partial charge in [0.15, 0.2) is 6.20 Å². The Hall–Kier alpha value is -1.94. The summed E-state index contributed by atoms with van der Waals surface area (Å²) in [6, 6.07) is 13.9. The highest BCUT2D eigenvalue weighted by molar-refractivity contribution is 9.10. The van der Waals surface area contributed by atoms with E-state index in [1.807, 2.05) is 30.3 Å². The van der Waals surface area contributed by atoms with Crippen LogP contribution in [-0.2, 0) is 0 Å². The van der Waals surface area contributed by atoms with Crippen LogP contribution in [0.1, 0.15) is 0 Å². The fourth-order valence-corrected chi connectivity index (χ4v) is 2.96. The molecule has 2 nitrogen and oxygen atoms in total. The van der Waals surface area contributed by atoms with Gasteiger partial charge in [-0.05, 0) is 40.2 Å². The molecule has 0 radical (unpaired) electrons. The molecule has 0 saturated carbocycles. The Morgan fingerprint density at radius 3 is 2.47 bits per heavy atom. The van der Waals surface area contributed by atoms with Gasteiger partial charge < -0.3 is 5.21 Å². The summed E-state index contributed by atoms with van der Waals surface area (Å²) in [5.41, 5.74) is 1.16. The summed E-state index contributed by atoms with van der Waals surface area (Å²) in [4.78, 5) is 0. The van der Waals surface area contributed by atoms with Crippen LogP contribution in [0, 0.1) is 11.0 Å². The highest BCUT2D eigenvalue weighted by Gasteiger charge is 2.19. The zero-order chi connectivity index (χ0) is 13.4. The SMILES string of the molecule is [O-][n+]1cc2cccc(F)c2c(Br)c1-c1ccccc1. The third-order valence-corrected chi connectivity index (χ3v) is 3.77. The highest BCUT2D eigenvalue weighted by atomic mass is 79.9. The fraction of sp³-hybridized carbons (Fsp3) is 0. The quantitative estimate of drug-likeness (QED) is 0.491. The van der Waals surface area contributed by atoms with Crippen molar-refractivity contribution in [2.45, 2.75) is 0 Å². The molecule has 19 heavy (non-hydrogen) atoms. The molecule has 0 bridgehead atoms. The van der Waals surface area contributed by atoms with E-state index >= 15 is 0 Å². The van der Waals surface area contributed by atoms with Gasteiger partial charge in [-0.1, -0.05) is 24.3 Å². The van der Waals surface area contributed by atoms with Gasteiger partial charge in [0.05, 0.1) is 5.39 Å². The maximum absolute atomic E-state index is 13.9. The van der Waals surface area contributed by atoms with E-state index in [0.717, 1.165) is 10.3 Å². The summed E-state index contributed by atoms with van der Waals surface area (Å²) >= 11 is 3.36. The van der Waals surface area contributed by atoms with Gasteiger partial charge in [-0.3, -0.25) is 0 Å². The summed E-state index contributed by atoms with van der Waals surface area (Å²) in [5, 5.41) is 13.1. The second kappa shape index (κ2) is 4.63. The summed E-state index contributed by atoms with van der Waals surface area (Å²) in [6.45, 7) is 0. The average Bonchev–Trinajstić information content (AvgIpc) is 2.39. The molecule has 1 aromatic heterocycles. The Labute approximate surface area is 117 Å². The molecule has 0 spiro atoms. The molecule has 94 valence electrons. The van der Waals surface area contributed by atoms with E-state index in [1.54, 1.807) is 12.1 Å². The normalized spacial score (nSPS) is 10.8. The summed E-state index contributed by atoms with van der Waals surface area (Å²) in [7, 11) is 0. The summed E-state index contributed by atoms with van der Waals surface area (Å²) in [6.07, 6.45) is 1.39. The predicted octanol–water partition coefficient (Wildman–Crippen LogP) is 4.04. The predicted molar refractivity (Wildman–Crippen MR) is 76.0 cm³/mol. The topological polar surface area (TPSA) is 26.9 Å². The molecule has 2 aromatic carbocycles. The number of fused-ring (bicyclic) bond motifs is 1. The van der Waals surface area contributed by atoms with Crippen molar-refractivity contribution < 1.29 is 9.12 Å². The van der Waals surface area contributed by atoms with Crippen molar-refractivity contribution in [2.24, 2.45) is 0 Å². The highest BCUT2D eigenvalue weighted by Crippen LogP contribution is 2.32. The summed E-state index contributed by atoms with van der Waals surface area (Å²) in [5.74, 6) is -0.345. The zero-order valence-corrected chi connectivity index (χ0v) is 11.4. The van der Waals surface area contributed by atoms with E-state index in [9.17, 15) is 9.60 Å². The van der Waals surface area contributed by atoms with Crippen LogP contribution >= 0.6 is 15.9 Å². The first-order chi connectivity index (χ1) is 9.18. The van der Waals surface area contributed by atoms with E-state index in [2.05, 4.69) is 15.9 Å². The van der Waals surface area contributed by atoms with Crippen molar-refractivity contribution in [1.82, 2.24) is 0 Å². The molecular weight excluding hydrogens is 309 g/mol. The second-order valence-electron chi connectivity index (χ2n) is 4.19. The molecule has 0 aliphatic heterocycles. The van der Waals surface area contributed by atoms with Gasteiger partial charge in [0.2, 0.25) is 5.69 Å². The van der Waals surface area contributed by atoms with E-state index < -0.39 is 0 Å². The smallest absolute Gasteiger partial charge is 0.238 e. The minimum atomic E-state index is -0.345. The molecule has 0 aliphatic rings. The van der Waals surface area contributed by atoms with Crippen LogP contribution in [0.3, 0.4) is 0 Å². The molecule has 1 heterocycles. The van der Waals surface area contributed by atoms with Crippen LogP contribution in [-0.4, -0.2) is 0 Å². The van der Waals surface area contributed by atoms with E-state index in [0.29, 0.717) is 20.9 Å². The molecule has 3 aromatic rings. The Morgan fingerprint density at radius 2 is 1.74 bits per heavy atom. The molecule has 3 rings (SSSR count). The van der Waals surface area contributed by atoms with E-state index in [1.165, 1.54) is 12.3 Å². The number of nitrogens with zero attached hydrogens (tertiary/aromatic N) is 1. The van der Waals surface area contributed by atoms with Crippen molar-refractivity contribution in [1.29, 1.82) is 0 Å². The fourth-order valence-electron chi connectivity index (χ4n) is 2.14. The minimum absolute atomic E-state index is 0.345. The van der Waals surface area contributed by atoms with Crippen molar-refractivity contribution in [3.8, 4) is 11.3 Å². The third-order valence-electron chi connectivity index (χ3n) is 3.00. The van der Waals surface area contributed by atoms with Crippen LogP contribution in [0.5, 0.6) is 0 Å². The largest absolute Gasteiger partial charge is 0.618 e. The molecule has 0 fully saturated rings. The van der Waals surface area contributed by atoms with Crippen LogP contribution in [0.2, 0.25) is 0 Å². The lowest BCUT2D eigenvalue weighted by molar-refractivity contribution is -0.592. The molecular formula is C15H9BrFNO. The number of aromatic nitrogens is 1. The van der Waals surface area contributed by atoms with Crippen molar-refractivity contribution in [3.05, 3.63) is 70.2 Å². The Balaban J connectivity index is 2.41. The van der Waals surface area contributed by atoms with E-state index in [-0.39, 0.29) is 5.82 Å². The molecule has 0 atom stereocenters.